The third-order valence-electron chi connectivity index (χ3n) is 6.30. The summed E-state index contributed by atoms with van der Waals surface area (Å²) in [5.74, 6) is 3.24. The highest BCUT2D eigenvalue weighted by Crippen LogP contribution is 2.42. The second kappa shape index (κ2) is 8.25. The van der Waals surface area contributed by atoms with Gasteiger partial charge in [-0.05, 0) is 49.3 Å². The highest BCUT2D eigenvalue weighted by Gasteiger charge is 2.35. The second-order valence-corrected chi connectivity index (χ2v) is 9.49. The van der Waals surface area contributed by atoms with Gasteiger partial charge in [0.2, 0.25) is 0 Å². The molecule has 30 heavy (non-hydrogen) atoms. The Labute approximate surface area is 179 Å². The van der Waals surface area contributed by atoms with Crippen molar-refractivity contribution < 1.29 is 13.9 Å². The van der Waals surface area contributed by atoms with Crippen molar-refractivity contribution in [2.45, 2.75) is 46.1 Å². The van der Waals surface area contributed by atoms with Crippen molar-refractivity contribution in [3.63, 3.8) is 0 Å². The zero-order chi connectivity index (χ0) is 21.3. The summed E-state index contributed by atoms with van der Waals surface area (Å²) in [7, 11) is 1.69. The van der Waals surface area contributed by atoms with Gasteiger partial charge in [-0.25, -0.2) is 4.79 Å². The summed E-state index contributed by atoms with van der Waals surface area (Å²) in [6.45, 7) is 9.04. The molecule has 0 saturated carbocycles. The number of carbonyl (C=O) groups excluding carboxylic acids is 1. The topological polar surface area (TPSA) is 66.7 Å². The Morgan fingerprint density at radius 3 is 2.97 bits per heavy atom. The standard InChI is InChI=1S/C24H33N3O3/c1-16-10-20-21(12-24(2,3)13-22(20)30-16)26-23(28)25-14-17-8-9-27(15-17)18-6-5-7-19(11-18)29-4/h5-7,10-11,17,21H,8-9,12-15H2,1-4H3,(H2,25,26,28). The summed E-state index contributed by atoms with van der Waals surface area (Å²) in [5, 5.41) is 6.29. The Hall–Kier alpha value is -2.63. The monoisotopic (exact) mass is 411 g/mol. The van der Waals surface area contributed by atoms with E-state index in [0.29, 0.717) is 12.5 Å². The zero-order valence-electron chi connectivity index (χ0n) is 18.5. The van der Waals surface area contributed by atoms with Crippen LogP contribution in [0.5, 0.6) is 5.75 Å². The Morgan fingerprint density at radius 1 is 1.33 bits per heavy atom. The van der Waals surface area contributed by atoms with E-state index in [1.54, 1.807) is 7.11 Å². The van der Waals surface area contributed by atoms with Gasteiger partial charge in [-0.3, -0.25) is 0 Å². The van der Waals surface area contributed by atoms with E-state index in [2.05, 4.69) is 47.6 Å². The van der Waals surface area contributed by atoms with Gasteiger partial charge >= 0.3 is 6.03 Å². The minimum atomic E-state index is -0.0951. The maximum atomic E-state index is 12.6. The van der Waals surface area contributed by atoms with Crippen molar-refractivity contribution in [2.75, 3.05) is 31.6 Å². The molecule has 0 spiro atoms. The third kappa shape index (κ3) is 4.58. The first-order valence-electron chi connectivity index (χ1n) is 10.9. The smallest absolute Gasteiger partial charge is 0.315 e. The lowest BCUT2D eigenvalue weighted by atomic mass is 9.75. The van der Waals surface area contributed by atoms with E-state index in [9.17, 15) is 4.79 Å². The molecule has 2 amide bonds. The maximum absolute atomic E-state index is 12.6. The summed E-state index contributed by atoms with van der Waals surface area (Å²) < 4.78 is 11.2. The Morgan fingerprint density at radius 2 is 2.17 bits per heavy atom. The van der Waals surface area contributed by atoms with E-state index in [-0.39, 0.29) is 17.5 Å². The lowest BCUT2D eigenvalue weighted by molar-refractivity contribution is 0.213. The van der Waals surface area contributed by atoms with Crippen molar-refractivity contribution in [3.8, 4) is 5.75 Å². The van der Waals surface area contributed by atoms with Crippen molar-refractivity contribution in [3.05, 3.63) is 47.4 Å². The molecule has 2 aromatic rings. The molecule has 1 aliphatic heterocycles. The van der Waals surface area contributed by atoms with Crippen LogP contribution in [-0.4, -0.2) is 32.8 Å². The average molecular weight is 412 g/mol. The van der Waals surface area contributed by atoms with E-state index in [1.807, 2.05) is 19.1 Å². The number of hydrogen-bond donors (Lipinski definition) is 2. The highest BCUT2D eigenvalue weighted by atomic mass is 16.5. The molecule has 0 radical (unpaired) electrons. The fourth-order valence-corrected chi connectivity index (χ4v) is 4.80. The molecule has 2 heterocycles. The van der Waals surface area contributed by atoms with Crippen molar-refractivity contribution in [2.24, 2.45) is 11.3 Å². The second-order valence-electron chi connectivity index (χ2n) is 9.49. The summed E-state index contributed by atoms with van der Waals surface area (Å²) in [5.41, 5.74) is 2.42. The zero-order valence-corrected chi connectivity index (χ0v) is 18.5. The maximum Gasteiger partial charge on any atom is 0.315 e. The van der Waals surface area contributed by atoms with Gasteiger partial charge in [-0.2, -0.15) is 0 Å². The Bertz CT molecular complexity index is 905. The van der Waals surface area contributed by atoms with Crippen LogP contribution in [-0.2, 0) is 6.42 Å². The van der Waals surface area contributed by atoms with Crippen LogP contribution in [0.1, 0.15) is 49.8 Å². The van der Waals surface area contributed by atoms with Crippen LogP contribution in [0.15, 0.2) is 34.7 Å². The number of ether oxygens (including phenoxy) is 1. The first-order valence-corrected chi connectivity index (χ1v) is 10.9. The van der Waals surface area contributed by atoms with Crippen molar-refractivity contribution >= 4 is 11.7 Å². The molecule has 162 valence electrons. The molecule has 6 nitrogen and oxygen atoms in total. The number of benzene rings is 1. The molecule has 2 aliphatic rings. The number of hydrogen-bond acceptors (Lipinski definition) is 4. The summed E-state index contributed by atoms with van der Waals surface area (Å²) in [6, 6.07) is 10.1. The predicted octanol–water partition coefficient (Wildman–Crippen LogP) is 4.44. The van der Waals surface area contributed by atoms with Crippen LogP contribution in [0.3, 0.4) is 0 Å². The van der Waals surface area contributed by atoms with E-state index in [0.717, 1.165) is 55.2 Å². The molecule has 4 rings (SSSR count). The minimum Gasteiger partial charge on any atom is -0.497 e. The van der Waals surface area contributed by atoms with Gasteiger partial charge in [0.15, 0.2) is 0 Å². The van der Waals surface area contributed by atoms with Gasteiger partial charge < -0.3 is 24.7 Å². The quantitative estimate of drug-likeness (QED) is 0.764. The number of fused-ring (bicyclic) bond motifs is 1. The molecule has 0 bridgehead atoms. The van der Waals surface area contributed by atoms with E-state index in [1.165, 1.54) is 5.69 Å². The summed E-state index contributed by atoms with van der Waals surface area (Å²) in [4.78, 5) is 15.0. The summed E-state index contributed by atoms with van der Waals surface area (Å²) in [6.07, 6.45) is 2.90. The molecule has 1 aliphatic carbocycles. The van der Waals surface area contributed by atoms with Gasteiger partial charge in [0.05, 0.1) is 13.2 Å². The number of furan rings is 1. The number of rotatable bonds is 5. The third-order valence-corrected chi connectivity index (χ3v) is 6.30. The molecular formula is C24H33N3O3. The van der Waals surface area contributed by atoms with Gasteiger partial charge in [0.25, 0.3) is 0 Å². The highest BCUT2D eigenvalue weighted by molar-refractivity contribution is 5.74. The fourth-order valence-electron chi connectivity index (χ4n) is 4.80. The molecule has 2 unspecified atom stereocenters. The van der Waals surface area contributed by atoms with Crippen LogP contribution in [0.2, 0.25) is 0 Å². The Kier molecular flexibility index (Phi) is 5.67. The van der Waals surface area contributed by atoms with E-state index >= 15 is 0 Å². The first-order chi connectivity index (χ1) is 14.3. The number of nitrogens with one attached hydrogen (secondary N) is 2. The van der Waals surface area contributed by atoms with Crippen LogP contribution in [0.4, 0.5) is 10.5 Å². The minimum absolute atomic E-state index is 0.00180. The van der Waals surface area contributed by atoms with Crippen LogP contribution >= 0.6 is 0 Å². The molecule has 2 atom stereocenters. The van der Waals surface area contributed by atoms with Gasteiger partial charge in [-0.1, -0.05) is 19.9 Å². The van der Waals surface area contributed by atoms with E-state index < -0.39 is 0 Å². The van der Waals surface area contributed by atoms with Crippen LogP contribution in [0, 0.1) is 18.3 Å². The normalized spacial score (nSPS) is 22.5. The molecule has 1 saturated heterocycles. The number of anilines is 1. The molecule has 1 fully saturated rings. The van der Waals surface area contributed by atoms with E-state index in [4.69, 9.17) is 9.15 Å². The number of nitrogens with zero attached hydrogens (tertiary/aromatic N) is 1. The number of amides is 2. The predicted molar refractivity (Wildman–Crippen MR) is 118 cm³/mol. The molecule has 1 aromatic carbocycles. The number of urea groups is 1. The molecule has 2 N–H and O–H groups in total. The van der Waals surface area contributed by atoms with Gasteiger partial charge in [0, 0.05) is 43.4 Å². The Balaban J connectivity index is 1.30. The van der Waals surface area contributed by atoms with Crippen LogP contribution in [0.25, 0.3) is 0 Å². The molecule has 1 aromatic heterocycles. The lowest BCUT2D eigenvalue weighted by Crippen LogP contribution is -2.43. The molecule has 6 heteroatoms. The SMILES string of the molecule is COc1cccc(N2CCC(CNC(=O)NC3CC(C)(C)Cc4oc(C)cc43)C2)c1. The van der Waals surface area contributed by atoms with Gasteiger partial charge in [0.1, 0.15) is 17.3 Å². The fraction of sp³-hybridized carbons (Fsp3) is 0.542. The van der Waals surface area contributed by atoms with Crippen LogP contribution < -0.4 is 20.3 Å². The van der Waals surface area contributed by atoms with Crippen molar-refractivity contribution in [1.29, 1.82) is 0 Å². The lowest BCUT2D eigenvalue weighted by Gasteiger charge is -2.34. The van der Waals surface area contributed by atoms with Crippen molar-refractivity contribution in [1.82, 2.24) is 10.6 Å². The number of methoxy groups -OCH3 is 1. The summed E-state index contributed by atoms with van der Waals surface area (Å²) >= 11 is 0. The number of carbonyl (C=O) groups is 1. The van der Waals surface area contributed by atoms with Gasteiger partial charge in [-0.15, -0.1) is 0 Å². The molecular weight excluding hydrogens is 378 g/mol. The first kappa shape index (κ1) is 20.6. The average Bonchev–Trinajstić information content (AvgIpc) is 3.32. The largest absolute Gasteiger partial charge is 0.497 e. The number of aryl methyl sites for hydroxylation is 1.